The number of benzene rings is 3. The molecule has 0 N–H and O–H groups in total. The zero-order valence-corrected chi connectivity index (χ0v) is 19.9. The van der Waals surface area contributed by atoms with E-state index in [0.717, 1.165) is 28.2 Å². The molecule has 5 rings (SSSR count). The number of nitrogens with zero attached hydrogens (tertiary/aromatic N) is 4. The van der Waals surface area contributed by atoms with Gasteiger partial charge in [0.25, 0.3) is 0 Å². The van der Waals surface area contributed by atoms with Crippen LogP contribution in [-0.2, 0) is 16.1 Å². The maximum Gasteiger partial charge on any atom is 0.246 e. The molecule has 1 atom stereocenters. The van der Waals surface area contributed by atoms with Gasteiger partial charge in [-0.2, -0.15) is 0 Å². The smallest absolute Gasteiger partial charge is 0.246 e. The first-order valence-electron chi connectivity index (χ1n) is 11.8. The zero-order valence-electron chi connectivity index (χ0n) is 19.9. The fourth-order valence-corrected chi connectivity index (χ4v) is 4.81. The molecule has 2 heterocycles. The fraction of sp³-hybridized carbons (Fsp3) is 0.250. The van der Waals surface area contributed by atoms with Crippen LogP contribution in [0.1, 0.15) is 25.1 Å². The summed E-state index contributed by atoms with van der Waals surface area (Å²) in [4.78, 5) is 34.9. The van der Waals surface area contributed by atoms with E-state index in [-0.39, 0.29) is 24.3 Å². The Morgan fingerprint density at radius 3 is 2.60 bits per heavy atom. The number of carbonyl (C=O) groups excluding carboxylic acids is 2. The first kappa shape index (κ1) is 22.7. The standard InChI is InChI=1S/C28H28N4O3/c1-3-30(21-10-5-4-6-11-21)27(34)19-32-25-15-8-7-14-24(25)29-28(32)20-16-26(33)31(18-20)22-12-9-13-23(17-22)35-2/h4-15,17,20H,3,16,18-19H2,1-2H3/t20-/m1/s1. The van der Waals surface area contributed by atoms with Crippen molar-refractivity contribution in [2.75, 3.05) is 30.0 Å². The summed E-state index contributed by atoms with van der Waals surface area (Å²) in [6, 6.07) is 25.0. The van der Waals surface area contributed by atoms with Crippen molar-refractivity contribution in [3.63, 3.8) is 0 Å². The van der Waals surface area contributed by atoms with Crippen molar-refractivity contribution in [2.24, 2.45) is 0 Å². The van der Waals surface area contributed by atoms with Crippen LogP contribution in [0.2, 0.25) is 0 Å². The van der Waals surface area contributed by atoms with Crippen LogP contribution >= 0.6 is 0 Å². The molecule has 1 aromatic heterocycles. The largest absolute Gasteiger partial charge is 0.497 e. The van der Waals surface area contributed by atoms with Crippen molar-refractivity contribution >= 4 is 34.2 Å². The molecule has 1 fully saturated rings. The Bertz CT molecular complexity index is 1370. The first-order valence-corrected chi connectivity index (χ1v) is 11.8. The molecule has 2 amide bonds. The molecule has 0 aliphatic carbocycles. The second-order valence-corrected chi connectivity index (χ2v) is 8.63. The lowest BCUT2D eigenvalue weighted by molar-refractivity contribution is -0.119. The van der Waals surface area contributed by atoms with Gasteiger partial charge in [-0.3, -0.25) is 9.59 Å². The molecule has 3 aromatic carbocycles. The predicted molar refractivity (Wildman–Crippen MR) is 137 cm³/mol. The molecule has 0 bridgehead atoms. The Labute approximate surface area is 204 Å². The third kappa shape index (κ3) is 4.37. The van der Waals surface area contributed by atoms with Gasteiger partial charge in [-0.05, 0) is 43.3 Å². The minimum Gasteiger partial charge on any atom is -0.497 e. The summed E-state index contributed by atoms with van der Waals surface area (Å²) in [5.41, 5.74) is 3.39. The summed E-state index contributed by atoms with van der Waals surface area (Å²) in [5.74, 6) is 1.37. The molecule has 7 nitrogen and oxygen atoms in total. The normalized spacial score (nSPS) is 15.5. The third-order valence-electron chi connectivity index (χ3n) is 6.52. The number of hydrogen-bond acceptors (Lipinski definition) is 4. The molecule has 0 spiro atoms. The molecule has 1 aliphatic rings. The van der Waals surface area contributed by atoms with E-state index in [1.165, 1.54) is 0 Å². The third-order valence-corrected chi connectivity index (χ3v) is 6.52. The maximum absolute atomic E-state index is 13.5. The van der Waals surface area contributed by atoms with Gasteiger partial charge in [0.1, 0.15) is 18.1 Å². The van der Waals surface area contributed by atoms with Gasteiger partial charge in [0.2, 0.25) is 11.8 Å². The number of hydrogen-bond donors (Lipinski definition) is 0. The maximum atomic E-state index is 13.5. The summed E-state index contributed by atoms with van der Waals surface area (Å²) < 4.78 is 7.32. The van der Waals surface area contributed by atoms with E-state index in [1.54, 1.807) is 16.9 Å². The van der Waals surface area contributed by atoms with E-state index in [0.29, 0.717) is 25.3 Å². The van der Waals surface area contributed by atoms with Gasteiger partial charge < -0.3 is 19.1 Å². The van der Waals surface area contributed by atoms with Gasteiger partial charge in [0.15, 0.2) is 0 Å². The van der Waals surface area contributed by atoms with Gasteiger partial charge in [0.05, 0.1) is 18.1 Å². The number of fused-ring (bicyclic) bond motifs is 1. The van der Waals surface area contributed by atoms with Gasteiger partial charge in [0, 0.05) is 42.9 Å². The summed E-state index contributed by atoms with van der Waals surface area (Å²) in [5, 5.41) is 0. The molecule has 0 unspecified atom stereocenters. The Balaban J connectivity index is 1.47. The molecular formula is C28H28N4O3. The molecule has 178 valence electrons. The summed E-state index contributed by atoms with van der Waals surface area (Å²) in [7, 11) is 1.61. The lowest BCUT2D eigenvalue weighted by atomic mass is 10.1. The summed E-state index contributed by atoms with van der Waals surface area (Å²) in [6.07, 6.45) is 0.338. The molecule has 35 heavy (non-hydrogen) atoms. The Morgan fingerprint density at radius 1 is 1.06 bits per heavy atom. The van der Waals surface area contributed by atoms with Crippen molar-refractivity contribution < 1.29 is 14.3 Å². The number of carbonyl (C=O) groups is 2. The van der Waals surface area contributed by atoms with E-state index >= 15 is 0 Å². The highest BCUT2D eigenvalue weighted by Gasteiger charge is 2.35. The van der Waals surface area contributed by atoms with Crippen LogP contribution in [0.5, 0.6) is 5.75 Å². The molecule has 4 aromatic rings. The quantitative estimate of drug-likeness (QED) is 0.397. The minimum absolute atomic E-state index is 0.0166. The Kier molecular flexibility index (Phi) is 6.23. The van der Waals surface area contributed by atoms with Gasteiger partial charge in [-0.1, -0.05) is 36.4 Å². The van der Waals surface area contributed by atoms with Crippen molar-refractivity contribution in [3.8, 4) is 5.75 Å². The van der Waals surface area contributed by atoms with E-state index in [9.17, 15) is 9.59 Å². The van der Waals surface area contributed by atoms with Crippen LogP contribution in [-0.4, -0.2) is 41.6 Å². The fourth-order valence-electron chi connectivity index (χ4n) is 4.81. The zero-order chi connectivity index (χ0) is 24.4. The number of imidazole rings is 1. The number of aromatic nitrogens is 2. The van der Waals surface area contributed by atoms with E-state index in [1.807, 2.05) is 90.4 Å². The summed E-state index contributed by atoms with van der Waals surface area (Å²) in [6.45, 7) is 3.19. The Hall–Kier alpha value is -4.13. The highest BCUT2D eigenvalue weighted by molar-refractivity contribution is 5.97. The monoisotopic (exact) mass is 468 g/mol. The van der Waals surface area contributed by atoms with Crippen LogP contribution in [0.25, 0.3) is 11.0 Å². The number of amides is 2. The number of anilines is 2. The van der Waals surface area contributed by atoms with Crippen molar-refractivity contribution in [3.05, 3.63) is 84.7 Å². The van der Waals surface area contributed by atoms with E-state index < -0.39 is 0 Å². The predicted octanol–water partition coefficient (Wildman–Crippen LogP) is 4.62. The number of para-hydroxylation sites is 3. The lowest BCUT2D eigenvalue weighted by Crippen LogP contribution is -2.34. The summed E-state index contributed by atoms with van der Waals surface area (Å²) >= 11 is 0. The van der Waals surface area contributed by atoms with E-state index in [4.69, 9.17) is 9.72 Å². The van der Waals surface area contributed by atoms with Crippen LogP contribution in [0.3, 0.4) is 0 Å². The molecule has 0 radical (unpaired) electrons. The molecule has 7 heteroatoms. The SMILES string of the molecule is CCN(C(=O)Cn1c([C@@H]2CC(=O)N(c3cccc(OC)c3)C2)nc2ccccc21)c1ccccc1. The number of methoxy groups -OCH3 is 1. The van der Waals surface area contributed by atoms with E-state index in [2.05, 4.69) is 0 Å². The van der Waals surface area contributed by atoms with Crippen molar-refractivity contribution in [1.82, 2.24) is 9.55 Å². The van der Waals surface area contributed by atoms with Crippen LogP contribution in [0.15, 0.2) is 78.9 Å². The number of rotatable bonds is 7. The van der Waals surface area contributed by atoms with Crippen molar-refractivity contribution in [1.29, 1.82) is 0 Å². The molecule has 1 saturated heterocycles. The van der Waals surface area contributed by atoms with Crippen molar-refractivity contribution in [2.45, 2.75) is 25.8 Å². The topological polar surface area (TPSA) is 67.7 Å². The lowest BCUT2D eigenvalue weighted by Gasteiger charge is -2.23. The average Bonchev–Trinajstić information content (AvgIpc) is 3.45. The van der Waals surface area contributed by atoms with Gasteiger partial charge in [-0.15, -0.1) is 0 Å². The van der Waals surface area contributed by atoms with Gasteiger partial charge >= 0.3 is 0 Å². The molecular weight excluding hydrogens is 440 g/mol. The second kappa shape index (κ2) is 9.62. The average molecular weight is 469 g/mol. The Morgan fingerprint density at radius 2 is 1.83 bits per heavy atom. The first-order chi connectivity index (χ1) is 17.1. The number of ether oxygens (including phenoxy) is 1. The second-order valence-electron chi connectivity index (χ2n) is 8.63. The minimum atomic E-state index is -0.124. The number of likely N-dealkylation sites (N-methyl/N-ethyl adjacent to an activating group) is 1. The van der Waals surface area contributed by atoms with Crippen LogP contribution in [0, 0.1) is 0 Å². The van der Waals surface area contributed by atoms with Crippen LogP contribution in [0.4, 0.5) is 11.4 Å². The highest BCUT2D eigenvalue weighted by atomic mass is 16.5. The highest BCUT2D eigenvalue weighted by Crippen LogP contribution is 2.34. The van der Waals surface area contributed by atoms with Gasteiger partial charge in [-0.25, -0.2) is 4.98 Å². The molecule has 0 saturated carbocycles. The van der Waals surface area contributed by atoms with Crippen LogP contribution < -0.4 is 14.5 Å². The molecule has 1 aliphatic heterocycles.